The Hall–Kier alpha value is -3.21. The third kappa shape index (κ3) is 3.67. The zero-order valence-corrected chi connectivity index (χ0v) is 17.3. The van der Waals surface area contributed by atoms with Gasteiger partial charge in [-0.25, -0.2) is 0 Å². The first kappa shape index (κ1) is 18.8. The summed E-state index contributed by atoms with van der Waals surface area (Å²) in [5, 5.41) is 1.21. The summed E-state index contributed by atoms with van der Waals surface area (Å²) >= 11 is 0. The topological polar surface area (TPSA) is 61.9 Å². The second kappa shape index (κ2) is 7.90. The average Bonchev–Trinajstić information content (AvgIpc) is 3.25. The molecule has 3 heterocycles. The van der Waals surface area contributed by atoms with Gasteiger partial charge in [-0.1, -0.05) is 12.1 Å². The number of aromatic amines is 1. The van der Waals surface area contributed by atoms with Crippen LogP contribution >= 0.6 is 0 Å². The summed E-state index contributed by atoms with van der Waals surface area (Å²) in [5.41, 5.74) is 6.63. The van der Waals surface area contributed by atoms with Crippen molar-refractivity contribution in [1.82, 2.24) is 19.9 Å². The fourth-order valence-electron chi connectivity index (χ4n) is 4.62. The molecule has 1 saturated heterocycles. The van der Waals surface area contributed by atoms with Crippen LogP contribution in [-0.4, -0.2) is 38.8 Å². The highest BCUT2D eigenvalue weighted by atomic mass is 16.2. The van der Waals surface area contributed by atoms with Crippen molar-refractivity contribution in [1.29, 1.82) is 0 Å². The molecule has 0 spiro atoms. The molecule has 0 saturated carbocycles. The number of hydrogen-bond acceptors (Lipinski definition) is 3. The Balaban J connectivity index is 1.42. The Morgan fingerprint density at radius 1 is 1.10 bits per heavy atom. The van der Waals surface area contributed by atoms with E-state index in [1.165, 1.54) is 10.9 Å². The Kier molecular flexibility index (Phi) is 4.95. The first-order chi connectivity index (χ1) is 14.7. The predicted molar refractivity (Wildman–Crippen MR) is 120 cm³/mol. The van der Waals surface area contributed by atoms with Gasteiger partial charge in [0, 0.05) is 49.7 Å². The van der Waals surface area contributed by atoms with Crippen LogP contribution in [0.2, 0.25) is 0 Å². The fourth-order valence-corrected chi connectivity index (χ4v) is 4.62. The number of likely N-dealkylation sites (tertiary alicyclic amines) is 1. The van der Waals surface area contributed by atoms with Gasteiger partial charge in [-0.2, -0.15) is 0 Å². The molecule has 30 heavy (non-hydrogen) atoms. The van der Waals surface area contributed by atoms with Gasteiger partial charge in [0.25, 0.3) is 0 Å². The lowest BCUT2D eigenvalue weighted by Gasteiger charge is -2.31. The molecule has 0 bridgehead atoms. The zero-order valence-electron chi connectivity index (χ0n) is 17.3. The highest BCUT2D eigenvalue weighted by Crippen LogP contribution is 2.31. The monoisotopic (exact) mass is 398 g/mol. The number of rotatable bonds is 4. The van der Waals surface area contributed by atoms with Gasteiger partial charge >= 0.3 is 0 Å². The van der Waals surface area contributed by atoms with Gasteiger partial charge < -0.3 is 9.88 Å². The lowest BCUT2D eigenvalue weighted by atomic mass is 9.89. The number of nitrogens with zero attached hydrogens (tertiary/aromatic N) is 3. The average molecular weight is 399 g/mol. The standard InChI is InChI=1S/C25H26N4O/c1-17(30)29-12-7-18(8-13-29)2-3-19-14-22(25-24(15-19)27-10-11-28-25)21-5-4-20-6-9-26-23(20)16-21/h4-6,9-11,14-16,18,26H,2-3,7-8,12-13H2,1H3. The Labute approximate surface area is 176 Å². The summed E-state index contributed by atoms with van der Waals surface area (Å²) < 4.78 is 0. The molecule has 5 heteroatoms. The number of aromatic nitrogens is 3. The molecular weight excluding hydrogens is 372 g/mol. The minimum Gasteiger partial charge on any atom is -0.361 e. The number of piperidine rings is 1. The number of benzene rings is 2. The van der Waals surface area contributed by atoms with Gasteiger partial charge in [0.05, 0.1) is 11.0 Å². The SMILES string of the molecule is CC(=O)N1CCC(CCc2cc(-c3ccc4cc[nH]c4c3)c3nccnc3c2)CC1. The van der Waals surface area contributed by atoms with Crippen molar-refractivity contribution in [3.63, 3.8) is 0 Å². The molecule has 0 aliphatic carbocycles. The van der Waals surface area contributed by atoms with Crippen LogP contribution < -0.4 is 0 Å². The van der Waals surface area contributed by atoms with E-state index in [2.05, 4.69) is 51.4 Å². The van der Waals surface area contributed by atoms with Crippen molar-refractivity contribution >= 4 is 27.8 Å². The molecule has 1 aliphatic heterocycles. The molecule has 0 atom stereocenters. The minimum absolute atomic E-state index is 0.199. The molecule has 1 aliphatic rings. The van der Waals surface area contributed by atoms with E-state index in [0.717, 1.165) is 66.4 Å². The van der Waals surface area contributed by atoms with Crippen LogP contribution in [0.1, 0.15) is 31.7 Å². The molecule has 1 fully saturated rings. The Morgan fingerprint density at radius 2 is 1.93 bits per heavy atom. The number of nitrogens with one attached hydrogen (secondary N) is 1. The molecule has 5 nitrogen and oxygen atoms in total. The minimum atomic E-state index is 0.199. The molecule has 0 radical (unpaired) electrons. The summed E-state index contributed by atoms with van der Waals surface area (Å²) in [6.07, 6.45) is 9.87. The van der Waals surface area contributed by atoms with Gasteiger partial charge in [-0.15, -0.1) is 0 Å². The van der Waals surface area contributed by atoms with Crippen LogP contribution in [0.5, 0.6) is 0 Å². The van der Waals surface area contributed by atoms with Crippen molar-refractivity contribution < 1.29 is 4.79 Å². The number of carbonyl (C=O) groups excluding carboxylic acids is 1. The maximum Gasteiger partial charge on any atom is 0.219 e. The lowest BCUT2D eigenvalue weighted by molar-refractivity contribution is -0.130. The third-order valence-corrected chi connectivity index (χ3v) is 6.40. The molecule has 1 amide bonds. The number of H-pyrrole nitrogens is 1. The first-order valence-electron chi connectivity index (χ1n) is 10.7. The smallest absolute Gasteiger partial charge is 0.219 e. The van der Waals surface area contributed by atoms with E-state index in [4.69, 9.17) is 0 Å². The molecular formula is C25H26N4O. The molecule has 5 rings (SSSR count). The second-order valence-electron chi connectivity index (χ2n) is 8.34. The lowest BCUT2D eigenvalue weighted by Crippen LogP contribution is -2.37. The molecule has 0 unspecified atom stereocenters. The van der Waals surface area contributed by atoms with E-state index in [1.807, 2.05) is 11.1 Å². The highest BCUT2D eigenvalue weighted by Gasteiger charge is 2.20. The summed E-state index contributed by atoms with van der Waals surface area (Å²) in [5.74, 6) is 0.877. The first-order valence-corrected chi connectivity index (χ1v) is 10.7. The summed E-state index contributed by atoms with van der Waals surface area (Å²) in [6, 6.07) is 13.1. The largest absolute Gasteiger partial charge is 0.361 e. The van der Waals surface area contributed by atoms with E-state index < -0.39 is 0 Å². The van der Waals surface area contributed by atoms with Crippen molar-refractivity contribution in [2.45, 2.75) is 32.6 Å². The van der Waals surface area contributed by atoms with Crippen LogP contribution in [0.3, 0.4) is 0 Å². The number of aryl methyl sites for hydroxylation is 1. The summed E-state index contributed by atoms with van der Waals surface area (Å²) in [6.45, 7) is 3.46. The van der Waals surface area contributed by atoms with Gasteiger partial charge in [-0.05, 0) is 72.4 Å². The van der Waals surface area contributed by atoms with Crippen LogP contribution in [-0.2, 0) is 11.2 Å². The van der Waals surface area contributed by atoms with Crippen LogP contribution in [0, 0.1) is 5.92 Å². The predicted octanol–water partition coefficient (Wildman–Crippen LogP) is 4.97. The van der Waals surface area contributed by atoms with Crippen molar-refractivity contribution in [3.05, 3.63) is 60.6 Å². The second-order valence-corrected chi connectivity index (χ2v) is 8.34. The van der Waals surface area contributed by atoms with Gasteiger partial charge in [-0.3, -0.25) is 14.8 Å². The zero-order chi connectivity index (χ0) is 20.5. The molecule has 2 aromatic carbocycles. The number of carbonyl (C=O) groups is 1. The van der Waals surface area contributed by atoms with E-state index in [9.17, 15) is 4.79 Å². The maximum absolute atomic E-state index is 11.6. The highest BCUT2D eigenvalue weighted by molar-refractivity contribution is 5.95. The van der Waals surface area contributed by atoms with Crippen molar-refractivity contribution in [2.24, 2.45) is 5.92 Å². The normalized spacial score (nSPS) is 15.2. The van der Waals surface area contributed by atoms with Gasteiger partial charge in [0.2, 0.25) is 5.91 Å². The number of fused-ring (bicyclic) bond motifs is 2. The molecule has 152 valence electrons. The van der Waals surface area contributed by atoms with Crippen LogP contribution in [0.15, 0.2) is 55.0 Å². The van der Waals surface area contributed by atoms with E-state index in [-0.39, 0.29) is 5.91 Å². The van der Waals surface area contributed by atoms with E-state index in [0.29, 0.717) is 5.92 Å². The van der Waals surface area contributed by atoms with Crippen molar-refractivity contribution in [2.75, 3.05) is 13.1 Å². The van der Waals surface area contributed by atoms with Gasteiger partial charge in [0.15, 0.2) is 0 Å². The third-order valence-electron chi connectivity index (χ3n) is 6.40. The maximum atomic E-state index is 11.6. The summed E-state index contributed by atoms with van der Waals surface area (Å²) in [7, 11) is 0. The number of amides is 1. The van der Waals surface area contributed by atoms with Crippen LogP contribution in [0.25, 0.3) is 33.1 Å². The van der Waals surface area contributed by atoms with E-state index >= 15 is 0 Å². The summed E-state index contributed by atoms with van der Waals surface area (Å²) in [4.78, 5) is 26.1. The molecule has 2 aromatic heterocycles. The van der Waals surface area contributed by atoms with Crippen molar-refractivity contribution in [3.8, 4) is 11.1 Å². The fraction of sp³-hybridized carbons (Fsp3) is 0.320. The van der Waals surface area contributed by atoms with Gasteiger partial charge in [0.1, 0.15) is 0 Å². The number of hydrogen-bond donors (Lipinski definition) is 1. The van der Waals surface area contributed by atoms with Crippen LogP contribution in [0.4, 0.5) is 0 Å². The molecule has 1 N–H and O–H groups in total. The Bertz CT molecular complexity index is 1200. The van der Waals surface area contributed by atoms with E-state index in [1.54, 1.807) is 19.3 Å². The Morgan fingerprint density at radius 3 is 2.77 bits per heavy atom. The quantitative estimate of drug-likeness (QED) is 0.528. The molecule has 4 aromatic rings.